The van der Waals surface area contributed by atoms with Crippen LogP contribution in [-0.4, -0.2) is 59.0 Å². The average molecular weight is 406 g/mol. The third kappa shape index (κ3) is 3.30. The van der Waals surface area contributed by atoms with E-state index < -0.39 is 11.5 Å². The maximum Gasteiger partial charge on any atom is 0.354 e. The number of aromatic amines is 1. The van der Waals surface area contributed by atoms with E-state index in [0.29, 0.717) is 17.1 Å². The Bertz CT molecular complexity index is 1070. The van der Waals surface area contributed by atoms with E-state index in [0.717, 1.165) is 31.7 Å². The number of nitrogens with one attached hydrogen (secondary N) is 2. The summed E-state index contributed by atoms with van der Waals surface area (Å²) in [5.74, 6) is 0.0339. The number of anilines is 1. The molecular weight excluding hydrogens is 386 g/mol. The Morgan fingerprint density at radius 3 is 2.64 bits per heavy atom. The van der Waals surface area contributed by atoms with E-state index >= 15 is 0 Å². The lowest BCUT2D eigenvalue weighted by atomic mass is 10.0. The number of H-pyrrole nitrogens is 1. The van der Waals surface area contributed by atoms with E-state index in [1.807, 2.05) is 24.3 Å². The van der Waals surface area contributed by atoms with Gasteiger partial charge in [0.2, 0.25) is 0 Å². The lowest BCUT2D eigenvalue weighted by Crippen LogP contribution is -2.43. The fourth-order valence-electron chi connectivity index (χ4n) is 3.38. The van der Waals surface area contributed by atoms with E-state index in [2.05, 4.69) is 20.3 Å². The summed E-state index contributed by atoms with van der Waals surface area (Å²) in [6.07, 6.45) is 1.32. The van der Waals surface area contributed by atoms with Crippen molar-refractivity contribution in [2.24, 2.45) is 0 Å². The summed E-state index contributed by atoms with van der Waals surface area (Å²) in [5, 5.41) is 17.1. The van der Waals surface area contributed by atoms with Crippen LogP contribution in [0.1, 0.15) is 10.5 Å². The van der Waals surface area contributed by atoms with Gasteiger partial charge in [-0.25, -0.2) is 9.31 Å². The molecule has 0 atom stereocenters. The molecule has 28 heavy (non-hydrogen) atoms. The molecule has 148 valence electrons. The van der Waals surface area contributed by atoms with Gasteiger partial charge in [0, 0.05) is 31.7 Å². The van der Waals surface area contributed by atoms with E-state index in [9.17, 15) is 14.7 Å². The molecular formula is C18H20ClN5O4. The number of rotatable bonds is 4. The van der Waals surface area contributed by atoms with Gasteiger partial charge in [0.1, 0.15) is 17.0 Å². The summed E-state index contributed by atoms with van der Waals surface area (Å²) >= 11 is 0. The molecule has 3 N–H and O–H groups in total. The molecule has 3 heterocycles. The number of aromatic carboxylic acids is 1. The molecule has 1 saturated heterocycles. The number of para-hydroxylation sites is 1. The van der Waals surface area contributed by atoms with Crippen molar-refractivity contribution in [3.05, 3.63) is 46.5 Å². The van der Waals surface area contributed by atoms with Gasteiger partial charge in [0.15, 0.2) is 5.82 Å². The van der Waals surface area contributed by atoms with Crippen molar-refractivity contribution in [3.8, 4) is 16.9 Å². The first-order valence-electron chi connectivity index (χ1n) is 8.58. The van der Waals surface area contributed by atoms with Crippen molar-refractivity contribution in [3.63, 3.8) is 0 Å². The summed E-state index contributed by atoms with van der Waals surface area (Å²) < 4.78 is 6.84. The van der Waals surface area contributed by atoms with E-state index in [1.165, 1.54) is 10.7 Å². The van der Waals surface area contributed by atoms with Gasteiger partial charge in [-0.3, -0.25) is 4.79 Å². The Morgan fingerprint density at radius 1 is 1.25 bits per heavy atom. The van der Waals surface area contributed by atoms with Crippen molar-refractivity contribution in [1.29, 1.82) is 0 Å². The molecule has 0 aliphatic carbocycles. The zero-order valence-electron chi connectivity index (χ0n) is 15.1. The smallest absolute Gasteiger partial charge is 0.354 e. The Labute approximate surface area is 166 Å². The van der Waals surface area contributed by atoms with Gasteiger partial charge in [0.25, 0.3) is 5.56 Å². The number of carboxylic acid groups (broad SMARTS) is 1. The number of benzene rings is 1. The van der Waals surface area contributed by atoms with Gasteiger partial charge in [0.05, 0.1) is 18.9 Å². The summed E-state index contributed by atoms with van der Waals surface area (Å²) in [6, 6.07) is 7.40. The number of methoxy groups -OCH3 is 1. The van der Waals surface area contributed by atoms with Crippen LogP contribution in [-0.2, 0) is 0 Å². The van der Waals surface area contributed by atoms with Crippen LogP contribution in [0.5, 0.6) is 5.75 Å². The van der Waals surface area contributed by atoms with Crippen LogP contribution >= 0.6 is 12.4 Å². The van der Waals surface area contributed by atoms with Crippen molar-refractivity contribution >= 4 is 29.7 Å². The van der Waals surface area contributed by atoms with Gasteiger partial charge in [-0.15, -0.1) is 17.5 Å². The predicted octanol–water partition coefficient (Wildman–Crippen LogP) is 1.23. The number of fused-ring (bicyclic) bond motifs is 1. The van der Waals surface area contributed by atoms with Crippen molar-refractivity contribution in [2.45, 2.75) is 0 Å². The quantitative estimate of drug-likeness (QED) is 0.598. The maximum absolute atomic E-state index is 12.7. The summed E-state index contributed by atoms with van der Waals surface area (Å²) in [6.45, 7) is 3.07. The van der Waals surface area contributed by atoms with Crippen LogP contribution in [0.4, 0.5) is 5.82 Å². The Kier molecular flexibility index (Phi) is 5.57. The molecule has 0 amide bonds. The monoisotopic (exact) mass is 405 g/mol. The zero-order chi connectivity index (χ0) is 19.0. The van der Waals surface area contributed by atoms with E-state index in [4.69, 9.17) is 4.74 Å². The minimum atomic E-state index is -1.22. The van der Waals surface area contributed by atoms with Crippen LogP contribution in [0, 0.1) is 0 Å². The zero-order valence-corrected chi connectivity index (χ0v) is 16.0. The highest BCUT2D eigenvalue weighted by Gasteiger charge is 2.26. The number of ether oxygens (including phenoxy) is 1. The first-order valence-corrected chi connectivity index (χ1v) is 8.58. The first-order chi connectivity index (χ1) is 13.1. The molecule has 2 aromatic heterocycles. The second-order valence-electron chi connectivity index (χ2n) is 6.23. The third-order valence-electron chi connectivity index (χ3n) is 4.63. The van der Waals surface area contributed by atoms with Crippen molar-refractivity contribution < 1.29 is 14.6 Å². The number of hydrogen-bond donors (Lipinski definition) is 3. The standard InChI is InChI=1S/C18H19N5O4.ClH/c1-27-13-5-3-2-4-11(13)14-15-17(24)20-12(18(25)26)10-23(15)21-16(14)22-8-6-19-7-9-22;/h2-5,10,19H,6-9H2,1H3,(H,20,24)(H,25,26);1H. The van der Waals surface area contributed by atoms with Crippen LogP contribution < -0.4 is 20.5 Å². The number of halogens is 1. The normalized spacial score (nSPS) is 14.0. The SMILES string of the molecule is COc1ccccc1-c1c(N2CCNCC2)nn2cc(C(=O)O)[nH]c(=O)c12.Cl. The Hall–Kier alpha value is -3.04. The molecule has 10 heteroatoms. The molecule has 1 fully saturated rings. The highest BCUT2D eigenvalue weighted by Crippen LogP contribution is 2.38. The second kappa shape index (κ2) is 7.91. The number of piperazine rings is 1. The molecule has 0 saturated carbocycles. The fourth-order valence-corrected chi connectivity index (χ4v) is 3.38. The van der Waals surface area contributed by atoms with Crippen LogP contribution in [0.15, 0.2) is 35.3 Å². The molecule has 0 radical (unpaired) electrons. The van der Waals surface area contributed by atoms with Crippen LogP contribution in [0.3, 0.4) is 0 Å². The number of carbonyl (C=O) groups is 1. The number of nitrogens with zero attached hydrogens (tertiary/aromatic N) is 3. The molecule has 0 unspecified atom stereocenters. The summed E-state index contributed by atoms with van der Waals surface area (Å²) in [5.41, 5.74) is 0.931. The van der Waals surface area contributed by atoms with E-state index in [1.54, 1.807) is 7.11 Å². The first kappa shape index (κ1) is 19.7. The lowest BCUT2D eigenvalue weighted by Gasteiger charge is -2.28. The Morgan fingerprint density at radius 2 is 1.96 bits per heavy atom. The summed E-state index contributed by atoms with van der Waals surface area (Å²) in [7, 11) is 1.57. The topological polar surface area (TPSA) is 112 Å². The molecule has 3 aromatic rings. The number of hydrogen-bond acceptors (Lipinski definition) is 6. The van der Waals surface area contributed by atoms with Crippen LogP contribution in [0.25, 0.3) is 16.6 Å². The van der Waals surface area contributed by atoms with Crippen molar-refractivity contribution in [1.82, 2.24) is 19.9 Å². The molecule has 0 spiro atoms. The predicted molar refractivity (Wildman–Crippen MR) is 107 cm³/mol. The highest BCUT2D eigenvalue weighted by atomic mass is 35.5. The van der Waals surface area contributed by atoms with Crippen LogP contribution in [0.2, 0.25) is 0 Å². The third-order valence-corrected chi connectivity index (χ3v) is 4.63. The molecule has 1 aliphatic rings. The average Bonchev–Trinajstić information content (AvgIpc) is 3.08. The van der Waals surface area contributed by atoms with Gasteiger partial charge < -0.3 is 25.0 Å². The van der Waals surface area contributed by atoms with Gasteiger partial charge in [-0.2, -0.15) is 0 Å². The highest BCUT2D eigenvalue weighted by molar-refractivity contribution is 5.93. The molecule has 1 aromatic carbocycles. The number of carboxylic acids is 1. The van der Waals surface area contributed by atoms with Gasteiger partial charge in [-0.05, 0) is 6.07 Å². The molecule has 0 bridgehead atoms. The lowest BCUT2D eigenvalue weighted by molar-refractivity contribution is 0.0689. The second-order valence-corrected chi connectivity index (χ2v) is 6.23. The minimum Gasteiger partial charge on any atom is -0.496 e. The maximum atomic E-state index is 12.7. The number of aromatic nitrogens is 3. The Balaban J connectivity index is 0.00000225. The van der Waals surface area contributed by atoms with Crippen molar-refractivity contribution in [2.75, 3.05) is 38.2 Å². The molecule has 4 rings (SSSR count). The largest absolute Gasteiger partial charge is 0.496 e. The van der Waals surface area contributed by atoms with Gasteiger partial charge >= 0.3 is 5.97 Å². The van der Waals surface area contributed by atoms with E-state index in [-0.39, 0.29) is 23.6 Å². The minimum absolute atomic E-state index is 0. The summed E-state index contributed by atoms with van der Waals surface area (Å²) in [4.78, 5) is 28.6. The fraction of sp³-hybridized carbons (Fsp3) is 0.278. The molecule has 1 aliphatic heterocycles. The molecule has 9 nitrogen and oxygen atoms in total. The van der Waals surface area contributed by atoms with Gasteiger partial charge in [-0.1, -0.05) is 18.2 Å².